The van der Waals surface area contributed by atoms with Crippen molar-refractivity contribution in [2.24, 2.45) is 0 Å². The molecule has 2 aromatic heterocycles. The summed E-state index contributed by atoms with van der Waals surface area (Å²) in [5.74, 6) is 1.81. The number of hydrogen-bond acceptors (Lipinski definition) is 4. The number of fused-ring (bicyclic) bond motifs is 1. The zero-order valence-electron chi connectivity index (χ0n) is 13.9. The highest BCUT2D eigenvalue weighted by atomic mass is 16.5. The molecule has 0 fully saturated rings. The standard InChI is InChI=1S/C20H18N4O/c1-25-18-10-6-5-9-16(18)13-21-19-12-11-17(15-7-3-2-4-8-15)20-23-22-14-24(19)20/h2-12,14,21H,13H2,1H3. The van der Waals surface area contributed by atoms with Crippen LogP contribution in [0.4, 0.5) is 5.82 Å². The minimum Gasteiger partial charge on any atom is -0.496 e. The van der Waals surface area contributed by atoms with Crippen LogP contribution in [0.15, 0.2) is 73.1 Å². The van der Waals surface area contributed by atoms with Gasteiger partial charge in [-0.2, -0.15) is 0 Å². The number of benzene rings is 2. The Hall–Kier alpha value is -3.34. The quantitative estimate of drug-likeness (QED) is 0.600. The SMILES string of the molecule is COc1ccccc1CNc1ccc(-c2ccccc2)c2nncn12. The van der Waals surface area contributed by atoms with Gasteiger partial charge in [-0.1, -0.05) is 48.5 Å². The topological polar surface area (TPSA) is 51.5 Å². The molecule has 5 heteroatoms. The van der Waals surface area contributed by atoms with Crippen molar-refractivity contribution in [1.82, 2.24) is 14.6 Å². The molecule has 4 aromatic rings. The number of ether oxygens (including phenoxy) is 1. The minimum atomic E-state index is 0.655. The maximum atomic E-state index is 5.41. The van der Waals surface area contributed by atoms with E-state index in [1.807, 2.05) is 52.9 Å². The second-order valence-electron chi connectivity index (χ2n) is 5.69. The summed E-state index contributed by atoms with van der Waals surface area (Å²) in [7, 11) is 1.69. The lowest BCUT2D eigenvalue weighted by Crippen LogP contribution is -2.05. The predicted octanol–water partition coefficient (Wildman–Crippen LogP) is 4.02. The third kappa shape index (κ3) is 2.92. The number of hydrogen-bond donors (Lipinski definition) is 1. The molecule has 4 rings (SSSR count). The first-order valence-corrected chi connectivity index (χ1v) is 8.11. The first-order valence-electron chi connectivity index (χ1n) is 8.11. The fourth-order valence-electron chi connectivity index (χ4n) is 2.93. The van der Waals surface area contributed by atoms with E-state index in [-0.39, 0.29) is 0 Å². The van der Waals surface area contributed by atoms with E-state index in [1.165, 1.54) is 0 Å². The monoisotopic (exact) mass is 330 g/mol. The average Bonchev–Trinajstić information content (AvgIpc) is 3.17. The van der Waals surface area contributed by atoms with Crippen LogP contribution in [-0.4, -0.2) is 21.7 Å². The third-order valence-electron chi connectivity index (χ3n) is 4.19. The molecule has 0 bridgehead atoms. The fraction of sp³-hybridized carbons (Fsp3) is 0.100. The van der Waals surface area contributed by atoms with Crippen LogP contribution in [0.25, 0.3) is 16.8 Å². The van der Waals surface area contributed by atoms with Gasteiger partial charge in [-0.3, -0.25) is 4.40 Å². The Morgan fingerprint density at radius 2 is 1.76 bits per heavy atom. The average molecular weight is 330 g/mol. The van der Waals surface area contributed by atoms with Gasteiger partial charge in [0, 0.05) is 17.7 Å². The molecule has 124 valence electrons. The molecule has 2 aromatic carbocycles. The van der Waals surface area contributed by atoms with Crippen molar-refractivity contribution in [3.8, 4) is 16.9 Å². The van der Waals surface area contributed by atoms with E-state index >= 15 is 0 Å². The first-order chi connectivity index (χ1) is 12.4. The second-order valence-corrected chi connectivity index (χ2v) is 5.69. The van der Waals surface area contributed by atoms with Crippen molar-refractivity contribution in [2.45, 2.75) is 6.54 Å². The van der Waals surface area contributed by atoms with Gasteiger partial charge in [0.1, 0.15) is 17.9 Å². The third-order valence-corrected chi connectivity index (χ3v) is 4.19. The van der Waals surface area contributed by atoms with E-state index in [4.69, 9.17) is 4.74 Å². The molecular weight excluding hydrogens is 312 g/mol. The van der Waals surface area contributed by atoms with Crippen LogP contribution in [0, 0.1) is 0 Å². The molecule has 0 spiro atoms. The zero-order chi connectivity index (χ0) is 17.1. The highest BCUT2D eigenvalue weighted by Crippen LogP contribution is 2.26. The molecule has 0 unspecified atom stereocenters. The summed E-state index contributed by atoms with van der Waals surface area (Å²) in [5, 5.41) is 11.8. The van der Waals surface area contributed by atoms with E-state index in [9.17, 15) is 0 Å². The van der Waals surface area contributed by atoms with Gasteiger partial charge < -0.3 is 10.1 Å². The highest BCUT2D eigenvalue weighted by molar-refractivity contribution is 5.78. The maximum absolute atomic E-state index is 5.41. The smallest absolute Gasteiger partial charge is 0.170 e. The predicted molar refractivity (Wildman–Crippen MR) is 98.7 cm³/mol. The Labute approximate surface area is 145 Å². The summed E-state index contributed by atoms with van der Waals surface area (Å²) < 4.78 is 7.38. The molecular formula is C20H18N4O. The van der Waals surface area contributed by atoms with Crippen molar-refractivity contribution in [3.63, 3.8) is 0 Å². The Balaban J connectivity index is 1.67. The number of anilines is 1. The summed E-state index contributed by atoms with van der Waals surface area (Å²) >= 11 is 0. The molecule has 0 saturated carbocycles. The number of pyridine rings is 1. The number of methoxy groups -OCH3 is 1. The lowest BCUT2D eigenvalue weighted by molar-refractivity contribution is 0.410. The van der Waals surface area contributed by atoms with Gasteiger partial charge in [0.05, 0.1) is 7.11 Å². The van der Waals surface area contributed by atoms with Gasteiger partial charge in [0.25, 0.3) is 0 Å². The minimum absolute atomic E-state index is 0.655. The lowest BCUT2D eigenvalue weighted by atomic mass is 10.1. The Kier molecular flexibility index (Phi) is 4.04. The number of nitrogens with one attached hydrogen (secondary N) is 1. The number of nitrogens with zero attached hydrogens (tertiary/aromatic N) is 3. The van der Waals surface area contributed by atoms with E-state index < -0.39 is 0 Å². The Morgan fingerprint density at radius 1 is 0.960 bits per heavy atom. The number of rotatable bonds is 5. The molecule has 25 heavy (non-hydrogen) atoms. The molecule has 0 aliphatic rings. The summed E-state index contributed by atoms with van der Waals surface area (Å²) in [6, 6.07) is 22.3. The van der Waals surface area contributed by atoms with E-state index in [0.717, 1.165) is 33.9 Å². The van der Waals surface area contributed by atoms with Gasteiger partial charge in [0.15, 0.2) is 5.65 Å². The van der Waals surface area contributed by atoms with E-state index in [2.05, 4.69) is 33.7 Å². The van der Waals surface area contributed by atoms with Crippen molar-refractivity contribution >= 4 is 11.5 Å². The van der Waals surface area contributed by atoms with Crippen LogP contribution in [0.2, 0.25) is 0 Å². The summed E-state index contributed by atoms with van der Waals surface area (Å²) in [6.07, 6.45) is 1.73. The van der Waals surface area contributed by atoms with Crippen LogP contribution in [-0.2, 0) is 6.54 Å². The maximum Gasteiger partial charge on any atom is 0.170 e. The molecule has 0 amide bonds. The van der Waals surface area contributed by atoms with Gasteiger partial charge in [-0.05, 0) is 23.8 Å². The van der Waals surface area contributed by atoms with Crippen LogP contribution in [0.3, 0.4) is 0 Å². The lowest BCUT2D eigenvalue weighted by Gasteiger charge is -2.13. The normalized spacial score (nSPS) is 10.8. The summed E-state index contributed by atoms with van der Waals surface area (Å²) in [4.78, 5) is 0. The molecule has 1 N–H and O–H groups in total. The molecule has 0 aliphatic carbocycles. The molecule has 0 radical (unpaired) electrons. The molecule has 0 saturated heterocycles. The first kappa shape index (κ1) is 15.2. The fourth-order valence-corrected chi connectivity index (χ4v) is 2.93. The zero-order valence-corrected chi connectivity index (χ0v) is 13.9. The molecule has 0 aliphatic heterocycles. The van der Waals surface area contributed by atoms with E-state index in [1.54, 1.807) is 13.4 Å². The summed E-state index contributed by atoms with van der Waals surface area (Å²) in [6.45, 7) is 0.655. The van der Waals surface area contributed by atoms with Crippen molar-refractivity contribution in [2.75, 3.05) is 12.4 Å². The number of para-hydroxylation sites is 1. The molecule has 0 atom stereocenters. The van der Waals surface area contributed by atoms with Gasteiger partial charge >= 0.3 is 0 Å². The van der Waals surface area contributed by atoms with Crippen molar-refractivity contribution in [3.05, 3.63) is 78.6 Å². The van der Waals surface area contributed by atoms with E-state index in [0.29, 0.717) is 6.54 Å². The molecule has 5 nitrogen and oxygen atoms in total. The summed E-state index contributed by atoms with van der Waals surface area (Å²) in [5.41, 5.74) is 4.10. The number of aromatic nitrogens is 3. The molecule has 2 heterocycles. The van der Waals surface area contributed by atoms with Crippen LogP contribution >= 0.6 is 0 Å². The largest absolute Gasteiger partial charge is 0.496 e. The van der Waals surface area contributed by atoms with Crippen molar-refractivity contribution in [1.29, 1.82) is 0 Å². The van der Waals surface area contributed by atoms with Gasteiger partial charge in [-0.15, -0.1) is 10.2 Å². The van der Waals surface area contributed by atoms with Gasteiger partial charge in [-0.25, -0.2) is 0 Å². The Bertz CT molecular complexity index is 995. The van der Waals surface area contributed by atoms with Crippen LogP contribution in [0.5, 0.6) is 5.75 Å². The van der Waals surface area contributed by atoms with Crippen molar-refractivity contribution < 1.29 is 4.74 Å². The highest BCUT2D eigenvalue weighted by Gasteiger charge is 2.10. The second kappa shape index (κ2) is 6.65. The van der Waals surface area contributed by atoms with Crippen LogP contribution in [0.1, 0.15) is 5.56 Å². The van der Waals surface area contributed by atoms with Gasteiger partial charge in [0.2, 0.25) is 0 Å². The Morgan fingerprint density at radius 3 is 2.60 bits per heavy atom. The van der Waals surface area contributed by atoms with Crippen LogP contribution < -0.4 is 10.1 Å².